The van der Waals surface area contributed by atoms with Crippen molar-refractivity contribution in [1.82, 2.24) is 4.90 Å². The fraction of sp³-hybridized carbons (Fsp3) is 0.632. The first-order valence-corrected chi connectivity index (χ1v) is 8.58. The zero-order valence-electron chi connectivity index (χ0n) is 13.4. The van der Waals surface area contributed by atoms with Crippen molar-refractivity contribution in [2.45, 2.75) is 58.4 Å². The molecule has 116 valence electrons. The lowest BCUT2D eigenvalue weighted by atomic mass is 9.99. The molecule has 0 amide bonds. The molecular weight excluding hydrogens is 258 g/mol. The second kappa shape index (κ2) is 8.99. The van der Waals surface area contributed by atoms with Gasteiger partial charge in [-0.05, 0) is 12.0 Å². The molecule has 1 aliphatic heterocycles. The van der Waals surface area contributed by atoms with Gasteiger partial charge in [-0.1, -0.05) is 75.8 Å². The first-order valence-electron chi connectivity index (χ1n) is 8.58. The number of carbonyl (C=O) groups is 1. The Morgan fingerprint density at radius 1 is 1.05 bits per heavy atom. The summed E-state index contributed by atoms with van der Waals surface area (Å²) in [6.45, 7) is 4.77. The minimum absolute atomic E-state index is 0.292. The molecule has 2 nitrogen and oxygen atoms in total. The van der Waals surface area contributed by atoms with Gasteiger partial charge in [0.15, 0.2) is 5.78 Å². The Morgan fingerprint density at radius 2 is 1.76 bits per heavy atom. The van der Waals surface area contributed by atoms with E-state index in [1.54, 1.807) is 0 Å². The van der Waals surface area contributed by atoms with E-state index < -0.39 is 0 Å². The van der Waals surface area contributed by atoms with Crippen LogP contribution in [0.5, 0.6) is 0 Å². The van der Waals surface area contributed by atoms with E-state index in [1.807, 2.05) is 6.07 Å². The Labute approximate surface area is 129 Å². The highest BCUT2D eigenvalue weighted by molar-refractivity contribution is 5.85. The molecule has 0 N–H and O–H groups in total. The van der Waals surface area contributed by atoms with Crippen molar-refractivity contribution in [2.24, 2.45) is 5.92 Å². The predicted octanol–water partition coefficient (Wildman–Crippen LogP) is 4.44. The zero-order chi connectivity index (χ0) is 14.9. The number of hydrogen-bond acceptors (Lipinski definition) is 2. The van der Waals surface area contributed by atoms with Crippen molar-refractivity contribution in [3.63, 3.8) is 0 Å². The van der Waals surface area contributed by atoms with Gasteiger partial charge in [-0.3, -0.25) is 9.69 Å². The van der Waals surface area contributed by atoms with Crippen LogP contribution in [0.25, 0.3) is 0 Å². The van der Waals surface area contributed by atoms with Gasteiger partial charge in [-0.2, -0.15) is 0 Å². The Bertz CT molecular complexity index is 415. The Kier molecular flexibility index (Phi) is 6.94. The van der Waals surface area contributed by atoms with Crippen molar-refractivity contribution < 1.29 is 4.79 Å². The lowest BCUT2D eigenvalue weighted by molar-refractivity contribution is -0.120. The summed E-state index contributed by atoms with van der Waals surface area (Å²) in [7, 11) is 0. The second-order valence-corrected chi connectivity index (χ2v) is 6.37. The fourth-order valence-corrected chi connectivity index (χ4v) is 3.21. The summed E-state index contributed by atoms with van der Waals surface area (Å²) in [5.74, 6) is 0.749. The average Bonchev–Trinajstić information content (AvgIpc) is 2.84. The van der Waals surface area contributed by atoms with E-state index in [-0.39, 0.29) is 0 Å². The molecule has 1 aromatic rings. The summed E-state index contributed by atoms with van der Waals surface area (Å²) in [5, 5.41) is 0. The number of benzene rings is 1. The van der Waals surface area contributed by atoms with Crippen LogP contribution in [0, 0.1) is 5.92 Å². The van der Waals surface area contributed by atoms with Gasteiger partial charge in [0, 0.05) is 19.0 Å². The van der Waals surface area contributed by atoms with Gasteiger partial charge in [-0.15, -0.1) is 0 Å². The quantitative estimate of drug-likeness (QED) is 0.626. The van der Waals surface area contributed by atoms with Crippen LogP contribution < -0.4 is 0 Å². The SMILES string of the molecule is CCCCCCCCC1CN(Cc2ccccc2)CC1=O. The topological polar surface area (TPSA) is 20.3 Å². The van der Waals surface area contributed by atoms with Gasteiger partial charge >= 0.3 is 0 Å². The molecule has 1 heterocycles. The Hall–Kier alpha value is -1.15. The van der Waals surface area contributed by atoms with E-state index in [0.29, 0.717) is 18.2 Å². The summed E-state index contributed by atoms with van der Waals surface area (Å²) >= 11 is 0. The molecule has 0 bridgehead atoms. The minimum Gasteiger partial charge on any atom is -0.298 e. The van der Waals surface area contributed by atoms with Crippen LogP contribution in [-0.4, -0.2) is 23.8 Å². The highest BCUT2D eigenvalue weighted by Crippen LogP contribution is 2.21. The van der Waals surface area contributed by atoms with Crippen LogP contribution >= 0.6 is 0 Å². The van der Waals surface area contributed by atoms with E-state index in [2.05, 4.69) is 36.1 Å². The molecular formula is C19H29NO. The van der Waals surface area contributed by atoms with E-state index in [4.69, 9.17) is 0 Å². The van der Waals surface area contributed by atoms with Crippen LogP contribution in [0.1, 0.15) is 57.4 Å². The predicted molar refractivity (Wildman–Crippen MR) is 88.2 cm³/mol. The minimum atomic E-state index is 0.292. The molecule has 0 aliphatic carbocycles. The smallest absolute Gasteiger partial charge is 0.151 e. The van der Waals surface area contributed by atoms with Crippen LogP contribution in [0.4, 0.5) is 0 Å². The lowest BCUT2D eigenvalue weighted by Gasteiger charge is -2.14. The number of rotatable bonds is 9. The molecule has 2 heteroatoms. The summed E-state index contributed by atoms with van der Waals surface area (Å²) in [6.07, 6.45) is 8.96. The number of nitrogens with zero attached hydrogens (tertiary/aromatic N) is 1. The van der Waals surface area contributed by atoms with Gasteiger partial charge < -0.3 is 0 Å². The van der Waals surface area contributed by atoms with Crippen LogP contribution in [-0.2, 0) is 11.3 Å². The summed E-state index contributed by atoms with van der Waals surface area (Å²) in [6, 6.07) is 10.5. The van der Waals surface area contributed by atoms with E-state index >= 15 is 0 Å². The van der Waals surface area contributed by atoms with Gasteiger partial charge in [0.1, 0.15) is 0 Å². The second-order valence-electron chi connectivity index (χ2n) is 6.37. The molecule has 0 saturated carbocycles. The summed E-state index contributed by atoms with van der Waals surface area (Å²) < 4.78 is 0. The van der Waals surface area contributed by atoms with E-state index in [0.717, 1.165) is 19.5 Å². The molecule has 1 saturated heterocycles. The van der Waals surface area contributed by atoms with Crippen molar-refractivity contribution >= 4 is 5.78 Å². The third-order valence-electron chi connectivity index (χ3n) is 4.47. The fourth-order valence-electron chi connectivity index (χ4n) is 3.21. The van der Waals surface area contributed by atoms with Crippen molar-refractivity contribution in [3.05, 3.63) is 35.9 Å². The van der Waals surface area contributed by atoms with Crippen molar-refractivity contribution in [2.75, 3.05) is 13.1 Å². The van der Waals surface area contributed by atoms with Crippen LogP contribution in [0.3, 0.4) is 0 Å². The van der Waals surface area contributed by atoms with Gasteiger partial charge in [0.05, 0.1) is 6.54 Å². The Balaban J connectivity index is 1.65. The lowest BCUT2D eigenvalue weighted by Crippen LogP contribution is -2.20. The number of ketones is 1. The number of carbonyl (C=O) groups excluding carboxylic acids is 1. The summed E-state index contributed by atoms with van der Waals surface area (Å²) in [5.41, 5.74) is 1.31. The molecule has 1 atom stereocenters. The number of hydrogen-bond donors (Lipinski definition) is 0. The monoisotopic (exact) mass is 287 g/mol. The van der Waals surface area contributed by atoms with Crippen LogP contribution in [0.2, 0.25) is 0 Å². The van der Waals surface area contributed by atoms with Crippen LogP contribution in [0.15, 0.2) is 30.3 Å². The number of Topliss-reactive ketones (excluding diaryl/α,β-unsaturated/α-hetero) is 1. The molecule has 21 heavy (non-hydrogen) atoms. The molecule has 1 fully saturated rings. The van der Waals surface area contributed by atoms with E-state index in [9.17, 15) is 4.79 Å². The molecule has 2 rings (SSSR count). The maximum atomic E-state index is 12.1. The van der Waals surface area contributed by atoms with Gasteiger partial charge in [0.25, 0.3) is 0 Å². The maximum Gasteiger partial charge on any atom is 0.151 e. The first kappa shape index (κ1) is 16.2. The average molecular weight is 287 g/mol. The third kappa shape index (κ3) is 5.62. The van der Waals surface area contributed by atoms with Crippen molar-refractivity contribution in [1.29, 1.82) is 0 Å². The van der Waals surface area contributed by atoms with Crippen molar-refractivity contribution in [3.8, 4) is 0 Å². The van der Waals surface area contributed by atoms with Gasteiger partial charge in [0.2, 0.25) is 0 Å². The molecule has 1 aliphatic rings. The standard InChI is InChI=1S/C19H29NO/c1-2-3-4-5-6-10-13-18-15-20(16-19(18)21)14-17-11-8-7-9-12-17/h7-9,11-12,18H,2-6,10,13-16H2,1H3. The Morgan fingerprint density at radius 3 is 2.52 bits per heavy atom. The number of unbranched alkanes of at least 4 members (excludes halogenated alkanes) is 5. The van der Waals surface area contributed by atoms with E-state index in [1.165, 1.54) is 44.1 Å². The zero-order valence-corrected chi connectivity index (χ0v) is 13.4. The molecule has 0 radical (unpaired) electrons. The summed E-state index contributed by atoms with van der Waals surface area (Å²) in [4.78, 5) is 14.4. The molecule has 1 aromatic carbocycles. The molecule has 1 unspecified atom stereocenters. The largest absolute Gasteiger partial charge is 0.298 e. The number of likely N-dealkylation sites (tertiary alicyclic amines) is 1. The highest BCUT2D eigenvalue weighted by atomic mass is 16.1. The first-order chi connectivity index (χ1) is 10.3. The maximum absolute atomic E-state index is 12.1. The van der Waals surface area contributed by atoms with Gasteiger partial charge in [-0.25, -0.2) is 0 Å². The highest BCUT2D eigenvalue weighted by Gasteiger charge is 2.29. The molecule has 0 aromatic heterocycles. The molecule has 0 spiro atoms. The normalized spacial score (nSPS) is 19.3. The third-order valence-corrected chi connectivity index (χ3v) is 4.47.